The maximum Gasteiger partial charge on any atom is 0.277 e. The highest BCUT2D eigenvalue weighted by Gasteiger charge is 2.53. The molecule has 0 N–H and O–H groups in total. The summed E-state index contributed by atoms with van der Waals surface area (Å²) in [6.07, 6.45) is 3.87. The number of fused-ring (bicyclic) bond motifs is 2. The molecule has 0 radical (unpaired) electrons. The van der Waals surface area contributed by atoms with Crippen LogP contribution in [-0.4, -0.2) is 39.3 Å². The number of ether oxygens (including phenoxy) is 3. The van der Waals surface area contributed by atoms with Gasteiger partial charge in [-0.25, -0.2) is 4.68 Å². The van der Waals surface area contributed by atoms with E-state index < -0.39 is 12.1 Å². The molecule has 0 spiro atoms. The van der Waals surface area contributed by atoms with E-state index in [0.717, 1.165) is 10.0 Å². The Bertz CT molecular complexity index is 1210. The van der Waals surface area contributed by atoms with Crippen LogP contribution in [-0.2, 0) is 20.8 Å². The molecule has 32 heavy (non-hydrogen) atoms. The highest BCUT2D eigenvalue weighted by atomic mass is 79.9. The lowest BCUT2D eigenvalue weighted by atomic mass is 9.94. The van der Waals surface area contributed by atoms with Crippen molar-refractivity contribution < 1.29 is 14.2 Å². The predicted octanol–water partition coefficient (Wildman–Crippen LogP) is 4.15. The summed E-state index contributed by atoms with van der Waals surface area (Å²) in [6.45, 7) is 4.19. The monoisotopic (exact) mass is 497 g/mol. The van der Waals surface area contributed by atoms with Crippen molar-refractivity contribution in [3.8, 4) is 0 Å². The molecule has 0 bridgehead atoms. The summed E-state index contributed by atoms with van der Waals surface area (Å²) in [5.74, 6) is -0.693. The van der Waals surface area contributed by atoms with Gasteiger partial charge in [0.1, 0.15) is 11.6 Å². The molecule has 0 unspecified atom stereocenters. The van der Waals surface area contributed by atoms with Crippen LogP contribution in [0.15, 0.2) is 63.9 Å². The van der Waals surface area contributed by atoms with Gasteiger partial charge in [0.05, 0.1) is 11.5 Å². The molecule has 0 saturated carbocycles. The van der Waals surface area contributed by atoms with Crippen molar-refractivity contribution in [2.45, 2.75) is 51.1 Å². The lowest BCUT2D eigenvalue weighted by molar-refractivity contribution is -0.205. The van der Waals surface area contributed by atoms with Gasteiger partial charge in [0.25, 0.3) is 5.56 Å². The Morgan fingerprint density at radius 1 is 1.12 bits per heavy atom. The van der Waals surface area contributed by atoms with Gasteiger partial charge in [-0.05, 0) is 50.1 Å². The minimum Gasteiger partial charge on any atom is -0.342 e. The van der Waals surface area contributed by atoms with Gasteiger partial charge in [0.15, 0.2) is 12.1 Å². The second kappa shape index (κ2) is 8.51. The van der Waals surface area contributed by atoms with E-state index in [4.69, 9.17) is 14.2 Å². The van der Waals surface area contributed by atoms with E-state index in [1.807, 2.05) is 62.4 Å². The van der Waals surface area contributed by atoms with Crippen LogP contribution >= 0.6 is 15.9 Å². The molecule has 4 atom stereocenters. The highest BCUT2D eigenvalue weighted by Crippen LogP contribution is 2.42. The molecule has 3 heterocycles. The first-order chi connectivity index (χ1) is 15.4. The first kappa shape index (κ1) is 21.5. The summed E-state index contributed by atoms with van der Waals surface area (Å²) in [4.78, 5) is 12.8. The van der Waals surface area contributed by atoms with Crippen molar-refractivity contribution in [1.29, 1.82) is 0 Å². The lowest BCUT2D eigenvalue weighted by Crippen LogP contribution is -2.32. The number of hydrogen-bond donors (Lipinski definition) is 0. The van der Waals surface area contributed by atoms with E-state index in [2.05, 4.69) is 26.2 Å². The molecule has 3 aromatic rings. The van der Waals surface area contributed by atoms with E-state index in [-0.39, 0.29) is 23.7 Å². The molecule has 166 valence electrons. The van der Waals surface area contributed by atoms with Crippen LogP contribution in [0.25, 0.3) is 17.0 Å². The van der Waals surface area contributed by atoms with E-state index in [0.29, 0.717) is 23.9 Å². The SMILES string of the molecule is CC1(C)O[C@@H]2O[C@H](C=Cc3ccc(Br)cc3)[C@H](CCn3nnc4ccccc4c3=O)[C@@H]2O1. The standard InChI is InChI=1S/C24H24BrN3O4/c1-24(2)31-21-18(13-14-28-22(29)17-5-3-4-6-19(17)26-27-28)20(30-23(21)32-24)12-9-15-7-10-16(25)11-8-15/h3-12,18,20-21,23H,13-14H2,1-2H3/t18-,20+,21-,23-/m0/s1. The summed E-state index contributed by atoms with van der Waals surface area (Å²) in [5, 5.41) is 8.88. The average Bonchev–Trinajstić information content (AvgIpc) is 3.24. The molecule has 2 aromatic carbocycles. The Morgan fingerprint density at radius 2 is 1.91 bits per heavy atom. The fourth-order valence-corrected chi connectivity index (χ4v) is 4.60. The van der Waals surface area contributed by atoms with Crippen LogP contribution in [0.5, 0.6) is 0 Å². The third-order valence-electron chi connectivity index (χ3n) is 5.88. The maximum absolute atomic E-state index is 12.8. The first-order valence-electron chi connectivity index (χ1n) is 10.7. The molecular weight excluding hydrogens is 474 g/mol. The van der Waals surface area contributed by atoms with Crippen molar-refractivity contribution in [3.63, 3.8) is 0 Å². The van der Waals surface area contributed by atoms with Gasteiger partial charge in [-0.3, -0.25) is 4.79 Å². The Balaban J connectivity index is 1.37. The summed E-state index contributed by atoms with van der Waals surface area (Å²) in [7, 11) is 0. The second-order valence-corrected chi connectivity index (χ2v) is 9.48. The normalized spacial score (nSPS) is 26.7. The van der Waals surface area contributed by atoms with Crippen LogP contribution in [0.1, 0.15) is 25.8 Å². The minimum absolute atomic E-state index is 0.00800. The smallest absolute Gasteiger partial charge is 0.277 e. The van der Waals surface area contributed by atoms with Crippen LogP contribution in [0.2, 0.25) is 0 Å². The number of nitrogens with zero attached hydrogens (tertiary/aromatic N) is 3. The average molecular weight is 498 g/mol. The molecule has 8 heteroatoms. The summed E-state index contributed by atoms with van der Waals surface area (Å²) in [6, 6.07) is 15.3. The van der Waals surface area contributed by atoms with Gasteiger partial charge < -0.3 is 14.2 Å². The van der Waals surface area contributed by atoms with Crippen molar-refractivity contribution in [2.24, 2.45) is 5.92 Å². The van der Waals surface area contributed by atoms with Crippen molar-refractivity contribution in [1.82, 2.24) is 15.0 Å². The molecule has 5 rings (SSSR count). The third kappa shape index (κ3) is 4.28. The predicted molar refractivity (Wildman–Crippen MR) is 124 cm³/mol. The fourth-order valence-electron chi connectivity index (χ4n) is 4.33. The topological polar surface area (TPSA) is 75.5 Å². The molecule has 1 aromatic heterocycles. The molecule has 2 aliphatic rings. The number of halogens is 1. The van der Waals surface area contributed by atoms with E-state index in [9.17, 15) is 4.79 Å². The zero-order valence-corrected chi connectivity index (χ0v) is 19.4. The van der Waals surface area contributed by atoms with Crippen LogP contribution in [0.3, 0.4) is 0 Å². The number of rotatable bonds is 5. The zero-order valence-electron chi connectivity index (χ0n) is 17.8. The number of aryl methyl sites for hydroxylation is 1. The first-order valence-corrected chi connectivity index (χ1v) is 11.5. The second-order valence-electron chi connectivity index (χ2n) is 8.57. The highest BCUT2D eigenvalue weighted by molar-refractivity contribution is 9.10. The molecule has 0 amide bonds. The summed E-state index contributed by atoms with van der Waals surface area (Å²) in [5.41, 5.74) is 1.53. The van der Waals surface area contributed by atoms with Crippen molar-refractivity contribution >= 4 is 32.9 Å². The van der Waals surface area contributed by atoms with Gasteiger partial charge >= 0.3 is 0 Å². The van der Waals surface area contributed by atoms with Gasteiger partial charge in [-0.1, -0.05) is 57.6 Å². The Labute approximate surface area is 194 Å². The Hall–Kier alpha value is -2.39. The molecular formula is C24H24BrN3O4. The summed E-state index contributed by atoms with van der Waals surface area (Å²) < 4.78 is 20.8. The third-order valence-corrected chi connectivity index (χ3v) is 6.40. The van der Waals surface area contributed by atoms with Crippen molar-refractivity contribution in [3.05, 3.63) is 75.0 Å². The summed E-state index contributed by atoms with van der Waals surface area (Å²) >= 11 is 3.46. The Morgan fingerprint density at radius 3 is 2.72 bits per heavy atom. The van der Waals surface area contributed by atoms with Crippen LogP contribution in [0.4, 0.5) is 0 Å². The van der Waals surface area contributed by atoms with Crippen LogP contribution in [0, 0.1) is 5.92 Å². The fraction of sp³-hybridized carbons (Fsp3) is 0.375. The van der Waals surface area contributed by atoms with E-state index in [1.165, 1.54) is 4.68 Å². The number of aromatic nitrogens is 3. The molecule has 7 nitrogen and oxygen atoms in total. The molecule has 2 fully saturated rings. The van der Waals surface area contributed by atoms with Crippen LogP contribution < -0.4 is 5.56 Å². The molecule has 2 aliphatic heterocycles. The quantitative estimate of drug-likeness (QED) is 0.526. The zero-order chi connectivity index (χ0) is 22.3. The van der Waals surface area contributed by atoms with E-state index in [1.54, 1.807) is 12.1 Å². The molecule has 2 saturated heterocycles. The van der Waals surface area contributed by atoms with Crippen molar-refractivity contribution in [2.75, 3.05) is 0 Å². The molecule has 0 aliphatic carbocycles. The number of benzene rings is 2. The minimum atomic E-state index is -0.701. The lowest BCUT2D eigenvalue weighted by Gasteiger charge is -2.24. The van der Waals surface area contributed by atoms with Gasteiger partial charge in [0, 0.05) is 16.9 Å². The van der Waals surface area contributed by atoms with Gasteiger partial charge in [0.2, 0.25) is 0 Å². The van der Waals surface area contributed by atoms with Gasteiger partial charge in [-0.15, -0.1) is 5.10 Å². The van der Waals surface area contributed by atoms with Gasteiger partial charge in [-0.2, -0.15) is 0 Å². The van der Waals surface area contributed by atoms with E-state index >= 15 is 0 Å². The Kier molecular flexibility index (Phi) is 5.71. The number of hydrogen-bond acceptors (Lipinski definition) is 6. The largest absolute Gasteiger partial charge is 0.342 e. The maximum atomic E-state index is 12.8.